The van der Waals surface area contributed by atoms with Gasteiger partial charge in [-0.1, -0.05) is 6.07 Å². The number of aromatic nitrogens is 2. The molecule has 2 aromatic rings. The lowest BCUT2D eigenvalue weighted by molar-refractivity contribution is -0.137. The summed E-state index contributed by atoms with van der Waals surface area (Å²) in [6.45, 7) is 0. The van der Waals surface area contributed by atoms with Gasteiger partial charge in [-0.05, 0) is 43.9 Å². The van der Waals surface area contributed by atoms with Gasteiger partial charge in [0.2, 0.25) is 5.95 Å². The van der Waals surface area contributed by atoms with Gasteiger partial charge in [0.05, 0.1) is 11.3 Å². The Morgan fingerprint density at radius 3 is 2.73 bits per heavy atom. The number of halogens is 3. The number of fused-ring (bicyclic) bond motifs is 1. The first kappa shape index (κ1) is 14.6. The number of hydrogen-bond acceptors (Lipinski definition) is 3. The lowest BCUT2D eigenvalue weighted by atomic mass is 9.97. The molecule has 2 N–H and O–H groups in total. The van der Waals surface area contributed by atoms with Crippen LogP contribution in [0.1, 0.15) is 29.7 Å². The minimum atomic E-state index is -4.41. The summed E-state index contributed by atoms with van der Waals surface area (Å²) in [6.07, 6.45) is -1.07. The van der Waals surface area contributed by atoms with Crippen LogP contribution in [0.5, 0.6) is 0 Å². The molecule has 0 saturated carbocycles. The third-order valence-corrected chi connectivity index (χ3v) is 3.64. The van der Waals surface area contributed by atoms with E-state index in [0.717, 1.165) is 37.1 Å². The molecule has 1 aromatic heterocycles. The van der Waals surface area contributed by atoms with Crippen LogP contribution in [-0.4, -0.2) is 9.97 Å². The SMILES string of the molecule is O=c1[nH]c(Nc2cccc(C(F)(F)F)c2)nc2c1CCCC2. The number of anilines is 2. The van der Waals surface area contributed by atoms with Crippen molar-refractivity contribution in [2.45, 2.75) is 31.9 Å². The van der Waals surface area contributed by atoms with Gasteiger partial charge in [0, 0.05) is 11.3 Å². The van der Waals surface area contributed by atoms with Gasteiger partial charge in [0.15, 0.2) is 0 Å². The normalized spacial score (nSPS) is 14.5. The number of aromatic amines is 1. The van der Waals surface area contributed by atoms with Crippen molar-refractivity contribution in [3.8, 4) is 0 Å². The first-order valence-corrected chi connectivity index (χ1v) is 7.00. The van der Waals surface area contributed by atoms with Crippen molar-refractivity contribution in [3.05, 3.63) is 51.4 Å². The lowest BCUT2D eigenvalue weighted by Crippen LogP contribution is -2.22. The third-order valence-electron chi connectivity index (χ3n) is 3.64. The average molecular weight is 309 g/mol. The standard InChI is InChI=1S/C15H14F3N3O/c16-15(17,18)9-4-3-5-10(8-9)19-14-20-12-7-2-1-6-11(12)13(22)21-14/h3-5,8H,1-2,6-7H2,(H2,19,20,21,22). The van der Waals surface area contributed by atoms with Gasteiger partial charge < -0.3 is 5.32 Å². The van der Waals surface area contributed by atoms with E-state index in [1.165, 1.54) is 12.1 Å². The molecule has 1 aliphatic rings. The van der Waals surface area contributed by atoms with Crippen molar-refractivity contribution in [3.63, 3.8) is 0 Å². The van der Waals surface area contributed by atoms with Crippen LogP contribution in [0.25, 0.3) is 0 Å². The summed E-state index contributed by atoms with van der Waals surface area (Å²) >= 11 is 0. The molecule has 0 fully saturated rings. The number of hydrogen-bond donors (Lipinski definition) is 2. The molecule has 116 valence electrons. The van der Waals surface area contributed by atoms with Gasteiger partial charge in [-0.2, -0.15) is 13.2 Å². The predicted octanol–water partition coefficient (Wildman–Crippen LogP) is 3.41. The zero-order valence-corrected chi connectivity index (χ0v) is 11.6. The van der Waals surface area contributed by atoms with Crippen LogP contribution in [0, 0.1) is 0 Å². The number of H-pyrrole nitrogens is 1. The summed E-state index contributed by atoms with van der Waals surface area (Å²) in [5.74, 6) is 0.171. The molecular weight excluding hydrogens is 295 g/mol. The Morgan fingerprint density at radius 2 is 1.95 bits per heavy atom. The zero-order chi connectivity index (χ0) is 15.7. The number of alkyl halides is 3. The van der Waals surface area contributed by atoms with Crippen LogP contribution in [0.2, 0.25) is 0 Å². The molecule has 0 unspecified atom stereocenters. The molecule has 0 radical (unpaired) electrons. The Kier molecular flexibility index (Phi) is 3.64. The molecule has 0 aliphatic heterocycles. The van der Waals surface area contributed by atoms with Crippen molar-refractivity contribution in [2.75, 3.05) is 5.32 Å². The first-order chi connectivity index (χ1) is 10.4. The van der Waals surface area contributed by atoms with E-state index in [9.17, 15) is 18.0 Å². The van der Waals surface area contributed by atoms with Crippen molar-refractivity contribution in [1.82, 2.24) is 9.97 Å². The van der Waals surface area contributed by atoms with Crippen LogP contribution >= 0.6 is 0 Å². The van der Waals surface area contributed by atoms with Crippen LogP contribution in [-0.2, 0) is 19.0 Å². The maximum atomic E-state index is 12.7. The van der Waals surface area contributed by atoms with Crippen LogP contribution in [0.15, 0.2) is 29.1 Å². The van der Waals surface area contributed by atoms with E-state index in [-0.39, 0.29) is 17.2 Å². The monoisotopic (exact) mass is 309 g/mol. The highest BCUT2D eigenvalue weighted by atomic mass is 19.4. The number of rotatable bonds is 2. The van der Waals surface area contributed by atoms with Crippen LogP contribution in [0.4, 0.5) is 24.8 Å². The van der Waals surface area contributed by atoms with Gasteiger partial charge in [-0.25, -0.2) is 4.98 Å². The van der Waals surface area contributed by atoms with E-state index in [1.807, 2.05) is 0 Å². The summed E-state index contributed by atoms with van der Waals surface area (Å²) in [5, 5.41) is 2.74. The van der Waals surface area contributed by atoms with E-state index < -0.39 is 11.7 Å². The van der Waals surface area contributed by atoms with Crippen molar-refractivity contribution in [2.24, 2.45) is 0 Å². The highest BCUT2D eigenvalue weighted by Gasteiger charge is 2.30. The molecule has 0 bridgehead atoms. The quantitative estimate of drug-likeness (QED) is 0.894. The first-order valence-electron chi connectivity index (χ1n) is 7.00. The predicted molar refractivity (Wildman–Crippen MR) is 76.2 cm³/mol. The smallest absolute Gasteiger partial charge is 0.326 e. The average Bonchev–Trinajstić information content (AvgIpc) is 2.47. The highest BCUT2D eigenvalue weighted by molar-refractivity contribution is 5.55. The van der Waals surface area contributed by atoms with E-state index >= 15 is 0 Å². The van der Waals surface area contributed by atoms with Crippen molar-refractivity contribution >= 4 is 11.6 Å². The summed E-state index contributed by atoms with van der Waals surface area (Å²) < 4.78 is 38.1. The molecule has 0 atom stereocenters. The Bertz CT molecular complexity index is 752. The molecule has 7 heteroatoms. The number of nitrogens with one attached hydrogen (secondary N) is 2. The summed E-state index contributed by atoms with van der Waals surface area (Å²) in [6, 6.07) is 4.78. The molecular formula is C15H14F3N3O. The third kappa shape index (κ3) is 2.98. The topological polar surface area (TPSA) is 57.8 Å². The second-order valence-electron chi connectivity index (χ2n) is 5.25. The van der Waals surface area contributed by atoms with E-state index in [1.54, 1.807) is 0 Å². The lowest BCUT2D eigenvalue weighted by Gasteiger charge is -2.15. The Hall–Kier alpha value is -2.31. The minimum Gasteiger partial charge on any atom is -0.326 e. The number of nitrogens with zero attached hydrogens (tertiary/aromatic N) is 1. The van der Waals surface area contributed by atoms with E-state index in [2.05, 4.69) is 15.3 Å². The summed E-state index contributed by atoms with van der Waals surface area (Å²) in [7, 11) is 0. The van der Waals surface area contributed by atoms with Crippen molar-refractivity contribution < 1.29 is 13.2 Å². The molecule has 1 aromatic carbocycles. The number of aryl methyl sites for hydroxylation is 1. The molecule has 4 nitrogen and oxygen atoms in total. The Labute approximate surface area is 124 Å². The van der Waals surface area contributed by atoms with Crippen LogP contribution in [0.3, 0.4) is 0 Å². The summed E-state index contributed by atoms with van der Waals surface area (Å²) in [5.41, 5.74) is 0.663. The molecule has 1 heterocycles. The van der Waals surface area contributed by atoms with Crippen LogP contribution < -0.4 is 10.9 Å². The molecule has 3 rings (SSSR count). The van der Waals surface area contributed by atoms with Gasteiger partial charge in [-0.15, -0.1) is 0 Å². The highest BCUT2D eigenvalue weighted by Crippen LogP contribution is 2.31. The molecule has 22 heavy (non-hydrogen) atoms. The number of benzene rings is 1. The van der Waals surface area contributed by atoms with Gasteiger partial charge >= 0.3 is 6.18 Å². The van der Waals surface area contributed by atoms with Gasteiger partial charge in [-0.3, -0.25) is 9.78 Å². The molecule has 0 amide bonds. The zero-order valence-electron chi connectivity index (χ0n) is 11.6. The van der Waals surface area contributed by atoms with Gasteiger partial charge in [0.25, 0.3) is 5.56 Å². The minimum absolute atomic E-state index is 0.171. The maximum absolute atomic E-state index is 12.7. The maximum Gasteiger partial charge on any atom is 0.416 e. The molecule has 0 spiro atoms. The fourth-order valence-electron chi connectivity index (χ4n) is 2.57. The fraction of sp³-hybridized carbons (Fsp3) is 0.333. The fourth-order valence-corrected chi connectivity index (χ4v) is 2.57. The molecule has 0 saturated heterocycles. The second kappa shape index (κ2) is 5.47. The van der Waals surface area contributed by atoms with Crippen molar-refractivity contribution in [1.29, 1.82) is 0 Å². The molecule has 1 aliphatic carbocycles. The second-order valence-corrected chi connectivity index (χ2v) is 5.25. The van der Waals surface area contributed by atoms with E-state index in [4.69, 9.17) is 0 Å². The Morgan fingerprint density at radius 1 is 1.18 bits per heavy atom. The summed E-state index contributed by atoms with van der Waals surface area (Å²) in [4.78, 5) is 18.9. The Balaban J connectivity index is 1.91. The van der Waals surface area contributed by atoms with Gasteiger partial charge in [0.1, 0.15) is 0 Å². The van der Waals surface area contributed by atoms with E-state index in [0.29, 0.717) is 12.0 Å². The largest absolute Gasteiger partial charge is 0.416 e.